The zero-order valence-corrected chi connectivity index (χ0v) is 14.1. The average Bonchev–Trinajstić information content (AvgIpc) is 3.22. The molecule has 128 valence electrons. The van der Waals surface area contributed by atoms with Gasteiger partial charge in [-0.05, 0) is 0 Å². The van der Waals surface area contributed by atoms with E-state index in [0.29, 0.717) is 36.1 Å². The van der Waals surface area contributed by atoms with Gasteiger partial charge in [-0.25, -0.2) is 9.67 Å². The summed E-state index contributed by atoms with van der Waals surface area (Å²) < 4.78 is 15.6. The van der Waals surface area contributed by atoms with Gasteiger partial charge < -0.3 is 14.0 Å². The Hall–Kier alpha value is -2.94. The minimum atomic E-state index is -0.299. The molecule has 0 radical (unpaired) electrons. The number of carbonyl (C=O) groups is 1. The lowest BCUT2D eigenvalue weighted by Crippen LogP contribution is -2.19. The van der Waals surface area contributed by atoms with Crippen LogP contribution in [0.3, 0.4) is 0 Å². The van der Waals surface area contributed by atoms with Gasteiger partial charge in [-0.2, -0.15) is 10.1 Å². The van der Waals surface area contributed by atoms with E-state index in [4.69, 9.17) is 9.47 Å². The second kappa shape index (κ2) is 6.52. The number of rotatable bonds is 4. The van der Waals surface area contributed by atoms with Crippen LogP contribution in [0.2, 0.25) is 0 Å². The summed E-state index contributed by atoms with van der Waals surface area (Å²) in [6.07, 6.45) is 4.64. The van der Waals surface area contributed by atoms with Crippen LogP contribution in [-0.4, -0.2) is 38.5 Å². The third-order valence-electron chi connectivity index (χ3n) is 3.64. The fourth-order valence-electron chi connectivity index (χ4n) is 2.59. The summed E-state index contributed by atoms with van der Waals surface area (Å²) in [5, 5.41) is 3.92. The summed E-state index contributed by atoms with van der Waals surface area (Å²) >= 11 is 1.42. The first-order valence-corrected chi connectivity index (χ1v) is 8.50. The predicted octanol–water partition coefficient (Wildman–Crippen LogP) is 1.38. The summed E-state index contributed by atoms with van der Waals surface area (Å²) in [6.45, 7) is 5.43. The minimum Gasteiger partial charge on any atom is -0.486 e. The highest BCUT2D eigenvalue weighted by Gasteiger charge is 2.16. The molecular weight excluding hydrogens is 342 g/mol. The first-order valence-electron chi connectivity index (χ1n) is 7.68. The first kappa shape index (κ1) is 15.6. The van der Waals surface area contributed by atoms with Crippen LogP contribution in [-0.2, 0) is 17.9 Å². The summed E-state index contributed by atoms with van der Waals surface area (Å²) in [4.78, 5) is 20.9. The van der Waals surface area contributed by atoms with E-state index >= 15 is 0 Å². The Morgan fingerprint density at radius 2 is 2.16 bits per heavy atom. The van der Waals surface area contributed by atoms with Gasteiger partial charge in [0.15, 0.2) is 16.3 Å². The van der Waals surface area contributed by atoms with E-state index in [1.807, 2.05) is 16.7 Å². The largest absolute Gasteiger partial charge is 0.486 e. The van der Waals surface area contributed by atoms with Crippen LogP contribution >= 0.6 is 11.3 Å². The van der Waals surface area contributed by atoms with Gasteiger partial charge in [0.25, 0.3) is 5.91 Å². The summed E-state index contributed by atoms with van der Waals surface area (Å²) in [6, 6.07) is 3.85. The molecule has 1 aliphatic heterocycles. The van der Waals surface area contributed by atoms with Crippen LogP contribution in [0, 0.1) is 0 Å². The predicted molar refractivity (Wildman–Crippen MR) is 91.6 cm³/mol. The van der Waals surface area contributed by atoms with Gasteiger partial charge in [0.05, 0.1) is 10.2 Å². The zero-order valence-electron chi connectivity index (χ0n) is 13.3. The number of fused-ring (bicyclic) bond motifs is 2. The van der Waals surface area contributed by atoms with E-state index in [0.717, 1.165) is 10.2 Å². The van der Waals surface area contributed by atoms with Crippen LogP contribution in [0.5, 0.6) is 11.5 Å². The Morgan fingerprint density at radius 1 is 1.36 bits per heavy atom. The lowest BCUT2D eigenvalue weighted by molar-refractivity contribution is -0.118. The van der Waals surface area contributed by atoms with Crippen molar-refractivity contribution in [3.05, 3.63) is 42.2 Å². The topological polar surface area (TPSA) is 83.5 Å². The highest BCUT2D eigenvalue weighted by Crippen LogP contribution is 2.35. The van der Waals surface area contributed by atoms with Gasteiger partial charge in [-0.3, -0.25) is 4.79 Å². The molecule has 0 saturated carbocycles. The van der Waals surface area contributed by atoms with Crippen molar-refractivity contribution in [2.45, 2.75) is 13.1 Å². The minimum absolute atomic E-state index is 0.0467. The van der Waals surface area contributed by atoms with Crippen molar-refractivity contribution in [2.24, 2.45) is 4.99 Å². The van der Waals surface area contributed by atoms with E-state index < -0.39 is 0 Å². The zero-order chi connectivity index (χ0) is 17.2. The highest BCUT2D eigenvalue weighted by atomic mass is 32.1. The number of hydrogen-bond donors (Lipinski definition) is 0. The maximum Gasteiger partial charge on any atom is 0.270 e. The number of hydrogen-bond acceptors (Lipinski definition) is 6. The van der Waals surface area contributed by atoms with E-state index in [9.17, 15) is 4.79 Å². The molecule has 0 bridgehead atoms. The first-order chi connectivity index (χ1) is 12.2. The van der Waals surface area contributed by atoms with E-state index in [1.54, 1.807) is 6.08 Å². The van der Waals surface area contributed by atoms with Crippen LogP contribution in [0.25, 0.3) is 10.2 Å². The normalized spacial score (nSPS) is 14.0. The fraction of sp³-hybridized carbons (Fsp3) is 0.250. The number of thiazole rings is 1. The fourth-order valence-corrected chi connectivity index (χ4v) is 3.66. The van der Waals surface area contributed by atoms with E-state index in [1.165, 1.54) is 28.7 Å². The smallest absolute Gasteiger partial charge is 0.270 e. The van der Waals surface area contributed by atoms with E-state index in [2.05, 4.69) is 21.7 Å². The lowest BCUT2D eigenvalue weighted by Gasteiger charge is -2.18. The van der Waals surface area contributed by atoms with Crippen molar-refractivity contribution < 1.29 is 14.3 Å². The molecule has 3 heterocycles. The number of nitrogens with zero attached hydrogens (tertiary/aromatic N) is 5. The molecule has 0 unspecified atom stereocenters. The maximum absolute atomic E-state index is 12.2. The number of benzene rings is 1. The molecule has 0 spiro atoms. The molecule has 1 aromatic carbocycles. The number of ether oxygens (including phenoxy) is 2. The Morgan fingerprint density at radius 3 is 2.88 bits per heavy atom. The number of amides is 1. The summed E-state index contributed by atoms with van der Waals surface area (Å²) in [7, 11) is 0. The van der Waals surface area contributed by atoms with Crippen molar-refractivity contribution in [3.8, 4) is 11.5 Å². The Bertz CT molecular complexity index is 1000. The van der Waals surface area contributed by atoms with Gasteiger partial charge >= 0.3 is 0 Å². The van der Waals surface area contributed by atoms with Gasteiger partial charge in [-0.1, -0.05) is 17.4 Å². The second-order valence-electron chi connectivity index (χ2n) is 5.35. The van der Waals surface area contributed by atoms with Crippen molar-refractivity contribution >= 4 is 27.5 Å². The molecule has 1 amide bonds. The van der Waals surface area contributed by atoms with Gasteiger partial charge in [0.1, 0.15) is 32.4 Å². The molecule has 0 fully saturated rings. The van der Waals surface area contributed by atoms with E-state index in [-0.39, 0.29) is 12.5 Å². The van der Waals surface area contributed by atoms with Crippen LogP contribution in [0.1, 0.15) is 0 Å². The molecule has 8 nitrogen and oxygen atoms in total. The van der Waals surface area contributed by atoms with Crippen LogP contribution in [0.4, 0.5) is 0 Å². The molecule has 9 heteroatoms. The summed E-state index contributed by atoms with van der Waals surface area (Å²) in [5.74, 6) is 1.12. The molecule has 3 aromatic rings. The van der Waals surface area contributed by atoms with Crippen molar-refractivity contribution in [2.75, 3.05) is 13.2 Å². The number of carbonyl (C=O) groups excluding carboxylic acids is 1. The number of aromatic nitrogens is 4. The Balaban J connectivity index is 1.79. The standard InChI is InChI=1S/C16H15N5O3S/c1-2-3-21-11-6-12-13(24-5-4-23-12)7-14(11)25-16(21)19-15(22)8-20-10-17-9-18-20/h2,6-7,9-10H,1,3-5,8H2. The highest BCUT2D eigenvalue weighted by molar-refractivity contribution is 7.16. The average molecular weight is 357 g/mol. The molecule has 1 aliphatic rings. The molecule has 0 atom stereocenters. The third kappa shape index (κ3) is 3.05. The lowest BCUT2D eigenvalue weighted by atomic mass is 10.2. The van der Waals surface area contributed by atoms with Crippen LogP contribution < -0.4 is 14.3 Å². The van der Waals surface area contributed by atoms with Gasteiger partial charge in [0, 0.05) is 18.7 Å². The molecular formula is C16H15N5O3S. The van der Waals surface area contributed by atoms with Crippen molar-refractivity contribution in [1.82, 2.24) is 19.3 Å². The number of allylic oxidation sites excluding steroid dienone is 1. The quantitative estimate of drug-likeness (QED) is 0.659. The van der Waals surface area contributed by atoms with Crippen molar-refractivity contribution in [1.29, 1.82) is 0 Å². The second-order valence-corrected chi connectivity index (χ2v) is 6.36. The van der Waals surface area contributed by atoms with Gasteiger partial charge in [0.2, 0.25) is 0 Å². The Labute approximate surface area is 146 Å². The maximum atomic E-state index is 12.2. The molecule has 2 aromatic heterocycles. The molecule has 25 heavy (non-hydrogen) atoms. The molecule has 0 saturated heterocycles. The van der Waals surface area contributed by atoms with Crippen LogP contribution in [0.15, 0.2) is 42.4 Å². The molecule has 4 rings (SSSR count). The Kier molecular flexibility index (Phi) is 4.06. The third-order valence-corrected chi connectivity index (χ3v) is 4.68. The van der Waals surface area contributed by atoms with Crippen molar-refractivity contribution in [3.63, 3.8) is 0 Å². The van der Waals surface area contributed by atoms with Gasteiger partial charge in [-0.15, -0.1) is 6.58 Å². The SMILES string of the molecule is C=CCn1c(=NC(=O)Cn2cncn2)sc2cc3c(cc21)OCCO3. The monoisotopic (exact) mass is 357 g/mol. The summed E-state index contributed by atoms with van der Waals surface area (Å²) in [5.41, 5.74) is 0.932. The molecule has 0 aliphatic carbocycles. The molecule has 0 N–H and O–H groups in total.